The van der Waals surface area contributed by atoms with Gasteiger partial charge in [-0.25, -0.2) is 4.39 Å². The summed E-state index contributed by atoms with van der Waals surface area (Å²) in [5, 5.41) is 13.0. The van der Waals surface area contributed by atoms with Crippen LogP contribution in [0, 0.1) is 5.82 Å². The van der Waals surface area contributed by atoms with Crippen molar-refractivity contribution in [2.45, 2.75) is 17.9 Å². The summed E-state index contributed by atoms with van der Waals surface area (Å²) in [5.74, 6) is -0.715. The van der Waals surface area contributed by atoms with Crippen molar-refractivity contribution in [1.29, 1.82) is 0 Å². The summed E-state index contributed by atoms with van der Waals surface area (Å²) in [4.78, 5) is 12.3. The van der Waals surface area contributed by atoms with Crippen molar-refractivity contribution in [3.63, 3.8) is 0 Å². The second-order valence-electron chi connectivity index (χ2n) is 5.48. The molecule has 1 heterocycles. The minimum absolute atomic E-state index is 0.00620. The van der Waals surface area contributed by atoms with Gasteiger partial charge in [0.1, 0.15) is 11.1 Å². The Labute approximate surface area is 151 Å². The Kier molecular flexibility index (Phi) is 5.47. The number of hydrogen-bond acceptors (Lipinski definition) is 5. The van der Waals surface area contributed by atoms with Gasteiger partial charge >= 0.3 is 0 Å². The van der Waals surface area contributed by atoms with Gasteiger partial charge in [-0.05, 0) is 41.6 Å². The molecule has 0 saturated heterocycles. The lowest BCUT2D eigenvalue weighted by Crippen LogP contribution is -2.30. The summed E-state index contributed by atoms with van der Waals surface area (Å²) in [6.45, 7) is 1.52. The quantitative estimate of drug-likeness (QED) is 0.714. The molecule has 0 fully saturated rings. The van der Waals surface area contributed by atoms with E-state index >= 15 is 0 Å². The van der Waals surface area contributed by atoms with Gasteiger partial charge in [0.2, 0.25) is 5.91 Å². The third-order valence-corrected chi connectivity index (χ3v) is 5.25. The van der Waals surface area contributed by atoms with Crippen molar-refractivity contribution in [3.05, 3.63) is 66.2 Å². The first-order valence-electron chi connectivity index (χ1n) is 7.81. The molecule has 0 aliphatic rings. The minimum atomic E-state index is -1.59. The number of halogens is 1. The Morgan fingerprint density at radius 1 is 1.19 bits per heavy atom. The van der Waals surface area contributed by atoms with Crippen molar-refractivity contribution < 1.29 is 13.4 Å². The Bertz CT molecular complexity index is 932. The SMILES string of the molecule is C[C@@H](C(=O)Nc1ccccc1F)[S@@](=O)Cc1nnnn1-c1ccccc1. The lowest BCUT2D eigenvalue weighted by molar-refractivity contribution is -0.115. The number of carbonyl (C=O) groups is 1. The maximum absolute atomic E-state index is 13.6. The number of hydrogen-bond donors (Lipinski definition) is 1. The Balaban J connectivity index is 1.70. The Hall–Kier alpha value is -2.94. The first-order valence-corrected chi connectivity index (χ1v) is 9.19. The fourth-order valence-electron chi connectivity index (χ4n) is 2.23. The standard InChI is InChI=1S/C17H16FN5O2S/c1-12(17(24)19-15-10-6-5-9-14(15)18)26(25)11-16-20-21-22-23(16)13-7-3-2-4-8-13/h2-10,12H,11H2,1H3,(H,19,24)/t12-,26-/m0/s1. The van der Waals surface area contributed by atoms with Crippen LogP contribution in [0.3, 0.4) is 0 Å². The van der Waals surface area contributed by atoms with Crippen molar-refractivity contribution in [2.24, 2.45) is 0 Å². The molecule has 3 aromatic rings. The summed E-state index contributed by atoms with van der Waals surface area (Å²) in [6, 6.07) is 15.0. The summed E-state index contributed by atoms with van der Waals surface area (Å²) >= 11 is 0. The number of rotatable bonds is 6. The van der Waals surface area contributed by atoms with Crippen molar-refractivity contribution in [2.75, 3.05) is 5.32 Å². The molecule has 134 valence electrons. The normalized spacial score (nSPS) is 13.2. The number of benzene rings is 2. The van der Waals surface area contributed by atoms with Crippen LogP contribution in [0.15, 0.2) is 54.6 Å². The smallest absolute Gasteiger partial charge is 0.239 e. The van der Waals surface area contributed by atoms with E-state index in [4.69, 9.17) is 0 Å². The van der Waals surface area contributed by atoms with Gasteiger partial charge in [-0.3, -0.25) is 9.00 Å². The van der Waals surface area contributed by atoms with E-state index in [0.29, 0.717) is 5.82 Å². The Morgan fingerprint density at radius 2 is 1.88 bits per heavy atom. The van der Waals surface area contributed by atoms with Gasteiger partial charge < -0.3 is 5.32 Å². The van der Waals surface area contributed by atoms with E-state index in [1.165, 1.54) is 29.8 Å². The molecular weight excluding hydrogens is 357 g/mol. The van der Waals surface area contributed by atoms with Crippen molar-refractivity contribution in [1.82, 2.24) is 20.2 Å². The molecule has 2 aromatic carbocycles. The number of carbonyl (C=O) groups excluding carboxylic acids is 1. The van der Waals surface area contributed by atoms with Crippen LogP contribution >= 0.6 is 0 Å². The largest absolute Gasteiger partial charge is 0.323 e. The second kappa shape index (κ2) is 7.96. The highest BCUT2D eigenvalue weighted by Gasteiger charge is 2.23. The van der Waals surface area contributed by atoms with E-state index in [9.17, 15) is 13.4 Å². The summed E-state index contributed by atoms with van der Waals surface area (Å²) in [6.07, 6.45) is 0. The van der Waals surface area contributed by atoms with Gasteiger partial charge in [0.05, 0.1) is 17.1 Å². The lowest BCUT2D eigenvalue weighted by Gasteiger charge is -2.12. The van der Waals surface area contributed by atoms with Gasteiger partial charge in [-0.1, -0.05) is 30.3 Å². The molecule has 7 nitrogen and oxygen atoms in total. The van der Waals surface area contributed by atoms with E-state index in [1.54, 1.807) is 6.07 Å². The van der Waals surface area contributed by atoms with Crippen LogP contribution in [0.1, 0.15) is 12.7 Å². The van der Waals surface area contributed by atoms with E-state index in [2.05, 4.69) is 20.8 Å². The molecule has 26 heavy (non-hydrogen) atoms. The number of nitrogens with one attached hydrogen (secondary N) is 1. The van der Waals surface area contributed by atoms with Crippen LogP contribution in [0.4, 0.5) is 10.1 Å². The number of para-hydroxylation sites is 2. The maximum atomic E-state index is 13.6. The Morgan fingerprint density at radius 3 is 2.62 bits per heavy atom. The number of anilines is 1. The van der Waals surface area contributed by atoms with E-state index in [-0.39, 0.29) is 11.4 Å². The molecule has 9 heteroatoms. The third kappa shape index (κ3) is 3.99. The van der Waals surface area contributed by atoms with Crippen LogP contribution in [-0.4, -0.2) is 35.6 Å². The van der Waals surface area contributed by atoms with E-state index in [1.807, 2.05) is 30.3 Å². The molecule has 0 unspecified atom stereocenters. The van der Waals surface area contributed by atoms with Crippen LogP contribution in [-0.2, 0) is 21.3 Å². The molecule has 3 rings (SSSR count). The zero-order chi connectivity index (χ0) is 18.5. The molecule has 1 N–H and O–H groups in total. The average Bonchev–Trinajstić information content (AvgIpc) is 3.11. The molecule has 0 saturated carbocycles. The van der Waals surface area contributed by atoms with Gasteiger partial charge in [0.25, 0.3) is 0 Å². The highest BCUT2D eigenvalue weighted by molar-refractivity contribution is 7.85. The zero-order valence-corrected chi connectivity index (χ0v) is 14.7. The van der Waals surface area contributed by atoms with Gasteiger partial charge in [-0.2, -0.15) is 4.68 Å². The topological polar surface area (TPSA) is 89.8 Å². The van der Waals surface area contributed by atoms with Crippen molar-refractivity contribution >= 4 is 22.4 Å². The number of tetrazole rings is 1. The molecule has 0 spiro atoms. The van der Waals surface area contributed by atoms with Gasteiger partial charge in [0, 0.05) is 10.8 Å². The van der Waals surface area contributed by atoms with Crippen LogP contribution in [0.25, 0.3) is 5.69 Å². The molecule has 1 aromatic heterocycles. The summed E-state index contributed by atoms with van der Waals surface area (Å²) < 4.78 is 27.7. The molecule has 0 aliphatic heterocycles. The maximum Gasteiger partial charge on any atom is 0.239 e. The van der Waals surface area contributed by atoms with E-state index in [0.717, 1.165) is 5.69 Å². The van der Waals surface area contributed by atoms with Crippen molar-refractivity contribution in [3.8, 4) is 5.69 Å². The average molecular weight is 373 g/mol. The van der Waals surface area contributed by atoms with Gasteiger partial charge in [-0.15, -0.1) is 5.10 Å². The molecule has 2 atom stereocenters. The fraction of sp³-hybridized carbons (Fsp3) is 0.176. The summed E-state index contributed by atoms with van der Waals surface area (Å²) in [7, 11) is -1.59. The minimum Gasteiger partial charge on any atom is -0.323 e. The highest BCUT2D eigenvalue weighted by atomic mass is 32.2. The highest BCUT2D eigenvalue weighted by Crippen LogP contribution is 2.15. The number of aromatic nitrogens is 4. The number of nitrogens with zero attached hydrogens (tertiary/aromatic N) is 4. The molecular formula is C17H16FN5O2S. The monoisotopic (exact) mass is 373 g/mol. The lowest BCUT2D eigenvalue weighted by atomic mass is 10.3. The molecule has 0 radical (unpaired) electrons. The molecule has 0 aliphatic carbocycles. The van der Waals surface area contributed by atoms with Crippen LogP contribution < -0.4 is 5.32 Å². The third-order valence-electron chi connectivity index (χ3n) is 3.70. The predicted octanol–water partition coefficient (Wildman–Crippen LogP) is 2.08. The first-order chi connectivity index (χ1) is 12.6. The molecule has 0 bridgehead atoms. The zero-order valence-electron chi connectivity index (χ0n) is 13.9. The number of amides is 1. The molecule has 1 amide bonds. The predicted molar refractivity (Wildman–Crippen MR) is 95.5 cm³/mol. The second-order valence-corrected chi connectivity index (χ2v) is 7.24. The van der Waals surface area contributed by atoms with E-state index < -0.39 is 27.8 Å². The fourth-order valence-corrected chi connectivity index (χ4v) is 3.22. The summed E-state index contributed by atoms with van der Waals surface area (Å²) in [5.41, 5.74) is 0.781. The first kappa shape index (κ1) is 17.9. The van der Waals surface area contributed by atoms with Gasteiger partial charge in [0.15, 0.2) is 5.82 Å². The van der Waals surface area contributed by atoms with Crippen LogP contribution in [0.5, 0.6) is 0 Å². The van der Waals surface area contributed by atoms with Crippen LogP contribution in [0.2, 0.25) is 0 Å².